The first-order chi connectivity index (χ1) is 13.4. The van der Waals surface area contributed by atoms with Crippen molar-refractivity contribution in [2.24, 2.45) is 0 Å². The fourth-order valence-corrected chi connectivity index (χ4v) is 4.72. The van der Waals surface area contributed by atoms with Gasteiger partial charge in [-0.2, -0.15) is 0 Å². The van der Waals surface area contributed by atoms with E-state index >= 15 is 0 Å². The van der Waals surface area contributed by atoms with Crippen molar-refractivity contribution < 1.29 is 27.4 Å². The van der Waals surface area contributed by atoms with Gasteiger partial charge in [0.25, 0.3) is 0 Å². The molecule has 3 aromatic carbocycles. The number of rotatable bonds is 5. The highest BCUT2D eigenvalue weighted by atomic mass is 32.2. The Hall–Kier alpha value is -2.93. The number of benzene rings is 3. The lowest BCUT2D eigenvalue weighted by molar-refractivity contribution is -0.274. The smallest absolute Gasteiger partial charge is 0.465 e. The van der Waals surface area contributed by atoms with Gasteiger partial charge >= 0.3 is 12.3 Å². The van der Waals surface area contributed by atoms with Crippen molar-refractivity contribution in [2.75, 3.05) is 7.11 Å². The molecular weight excluding hydrogens is 389 g/mol. The van der Waals surface area contributed by atoms with Gasteiger partial charge in [-0.25, -0.2) is 4.79 Å². The summed E-state index contributed by atoms with van der Waals surface area (Å²) >= 11 is 0. The maximum Gasteiger partial charge on any atom is 0.573 e. The van der Waals surface area contributed by atoms with Gasteiger partial charge in [-0.3, -0.25) is 0 Å². The molecule has 0 saturated carbocycles. The van der Waals surface area contributed by atoms with Gasteiger partial charge in [0.15, 0.2) is 14.7 Å². The molecule has 3 nitrogen and oxygen atoms in total. The minimum atomic E-state index is -4.74. The Morgan fingerprint density at radius 3 is 2.04 bits per heavy atom. The molecule has 3 aromatic rings. The van der Waals surface area contributed by atoms with Crippen LogP contribution in [0.1, 0.15) is 10.4 Å². The maximum atomic E-state index is 12.4. The summed E-state index contributed by atoms with van der Waals surface area (Å²) in [5.74, 6) is -0.733. The molecule has 0 aliphatic carbocycles. The van der Waals surface area contributed by atoms with E-state index in [1.165, 1.54) is 19.2 Å². The molecule has 28 heavy (non-hydrogen) atoms. The minimum Gasteiger partial charge on any atom is -0.465 e. The van der Waals surface area contributed by atoms with Gasteiger partial charge < -0.3 is 9.47 Å². The fraction of sp³-hybridized carbons (Fsp3) is 0.0952. The summed E-state index contributed by atoms with van der Waals surface area (Å²) in [6.45, 7) is 0. The lowest BCUT2D eigenvalue weighted by atomic mass is 10.2. The molecule has 144 valence electrons. The van der Waals surface area contributed by atoms with E-state index in [1.54, 1.807) is 30.3 Å². The highest BCUT2D eigenvalue weighted by Gasteiger charge is 2.32. The zero-order valence-electron chi connectivity index (χ0n) is 14.8. The zero-order valence-corrected chi connectivity index (χ0v) is 15.6. The van der Waals surface area contributed by atoms with Crippen LogP contribution in [0, 0.1) is 0 Å². The second-order valence-electron chi connectivity index (χ2n) is 5.66. The van der Waals surface area contributed by atoms with E-state index < -0.39 is 23.2 Å². The van der Waals surface area contributed by atoms with Crippen LogP contribution in [0.2, 0.25) is 0 Å². The van der Waals surface area contributed by atoms with Crippen molar-refractivity contribution in [2.45, 2.75) is 21.0 Å². The fourth-order valence-electron chi connectivity index (χ4n) is 2.61. The van der Waals surface area contributed by atoms with E-state index in [0.29, 0.717) is 5.56 Å². The van der Waals surface area contributed by atoms with Crippen LogP contribution in [0.25, 0.3) is 0 Å². The molecule has 7 heteroatoms. The van der Waals surface area contributed by atoms with E-state index in [0.717, 1.165) is 14.7 Å². The third-order valence-corrected chi connectivity index (χ3v) is 5.98. The number of ether oxygens (including phenoxy) is 2. The van der Waals surface area contributed by atoms with Gasteiger partial charge in [-0.15, -0.1) is 13.2 Å². The average molecular weight is 405 g/mol. The summed E-state index contributed by atoms with van der Waals surface area (Å²) in [6.07, 6.45) is -4.74. The summed E-state index contributed by atoms with van der Waals surface area (Å²) in [7, 11) is 0.691. The predicted octanol–water partition coefficient (Wildman–Crippen LogP) is 5.47. The number of alkyl halides is 3. The molecule has 0 radical (unpaired) electrons. The van der Waals surface area contributed by atoms with Gasteiger partial charge in [-0.1, -0.05) is 24.3 Å². The SMILES string of the molecule is COC(=O)c1cccc([S+](c2ccccc2)c2ccc(OC(F)(F)F)cc2)c1. The summed E-state index contributed by atoms with van der Waals surface area (Å²) in [4.78, 5) is 14.5. The van der Waals surface area contributed by atoms with Crippen LogP contribution in [-0.2, 0) is 15.6 Å². The van der Waals surface area contributed by atoms with Crippen molar-refractivity contribution in [3.63, 3.8) is 0 Å². The molecule has 0 N–H and O–H groups in total. The third-order valence-electron chi connectivity index (χ3n) is 3.76. The highest BCUT2D eigenvalue weighted by Crippen LogP contribution is 2.33. The van der Waals surface area contributed by atoms with Crippen LogP contribution in [0.15, 0.2) is 93.5 Å². The van der Waals surface area contributed by atoms with E-state index in [-0.39, 0.29) is 5.75 Å². The van der Waals surface area contributed by atoms with Crippen LogP contribution in [0.5, 0.6) is 5.75 Å². The molecular formula is C21H16F3O3S+. The highest BCUT2D eigenvalue weighted by molar-refractivity contribution is 7.97. The normalized spacial score (nSPS) is 12.3. The summed E-state index contributed by atoms with van der Waals surface area (Å²) < 4.78 is 46.0. The average Bonchev–Trinajstić information content (AvgIpc) is 2.69. The van der Waals surface area contributed by atoms with E-state index in [9.17, 15) is 18.0 Å². The summed E-state index contributed by atoms with van der Waals surface area (Å²) in [6, 6.07) is 22.3. The van der Waals surface area contributed by atoms with Crippen LogP contribution >= 0.6 is 0 Å². The van der Waals surface area contributed by atoms with Crippen molar-refractivity contribution >= 4 is 16.9 Å². The molecule has 1 unspecified atom stereocenters. The predicted molar refractivity (Wildman–Crippen MR) is 99.5 cm³/mol. The van der Waals surface area contributed by atoms with Gasteiger partial charge in [0.05, 0.1) is 23.6 Å². The van der Waals surface area contributed by atoms with Crippen LogP contribution in [-0.4, -0.2) is 19.4 Å². The van der Waals surface area contributed by atoms with Gasteiger partial charge in [-0.05, 0) is 48.5 Å². The minimum absolute atomic E-state index is 0.281. The Balaban J connectivity index is 2.03. The van der Waals surface area contributed by atoms with Gasteiger partial charge in [0, 0.05) is 6.07 Å². The topological polar surface area (TPSA) is 35.5 Å². The summed E-state index contributed by atoms with van der Waals surface area (Å²) in [5, 5.41) is 0. The van der Waals surface area contributed by atoms with E-state index in [2.05, 4.69) is 4.74 Å². The lowest BCUT2D eigenvalue weighted by Crippen LogP contribution is -2.17. The van der Waals surface area contributed by atoms with Crippen LogP contribution < -0.4 is 4.74 Å². The van der Waals surface area contributed by atoms with Crippen molar-refractivity contribution in [3.8, 4) is 5.75 Å². The maximum absolute atomic E-state index is 12.4. The molecule has 0 aromatic heterocycles. The van der Waals surface area contributed by atoms with Gasteiger partial charge in [0.1, 0.15) is 5.75 Å². The number of methoxy groups -OCH3 is 1. The molecule has 0 aliphatic rings. The zero-order chi connectivity index (χ0) is 20.1. The number of halogens is 3. The first-order valence-electron chi connectivity index (χ1n) is 8.21. The van der Waals surface area contributed by atoms with Crippen LogP contribution in [0.3, 0.4) is 0 Å². The molecule has 0 aliphatic heterocycles. The van der Waals surface area contributed by atoms with Crippen molar-refractivity contribution in [1.29, 1.82) is 0 Å². The molecule has 0 spiro atoms. The monoisotopic (exact) mass is 405 g/mol. The van der Waals surface area contributed by atoms with E-state index in [4.69, 9.17) is 4.74 Å². The lowest BCUT2D eigenvalue weighted by Gasteiger charge is -2.11. The Labute approximate surface area is 163 Å². The number of carbonyl (C=O) groups is 1. The first-order valence-corrected chi connectivity index (χ1v) is 9.43. The summed E-state index contributed by atoms with van der Waals surface area (Å²) in [5.41, 5.74) is 0.408. The third kappa shape index (κ3) is 4.86. The Morgan fingerprint density at radius 1 is 0.821 bits per heavy atom. The Bertz CT molecular complexity index is 941. The molecule has 1 atom stereocenters. The second kappa shape index (κ2) is 8.39. The number of hydrogen-bond acceptors (Lipinski definition) is 3. The van der Waals surface area contributed by atoms with Crippen molar-refractivity contribution in [3.05, 3.63) is 84.4 Å². The molecule has 0 amide bonds. The molecule has 0 heterocycles. The molecule has 0 saturated heterocycles. The number of carbonyl (C=O) groups excluding carboxylic acids is 1. The van der Waals surface area contributed by atoms with Gasteiger partial charge in [0.2, 0.25) is 0 Å². The Morgan fingerprint density at radius 2 is 1.43 bits per heavy atom. The number of esters is 1. The quantitative estimate of drug-likeness (QED) is 0.417. The molecule has 3 rings (SSSR count). The first kappa shape index (κ1) is 19.8. The standard InChI is InChI=1S/C21H16F3O3S/c1-26-20(25)15-6-5-9-19(14-15)28(17-7-3-2-4-8-17)18-12-10-16(11-13-18)27-21(22,23)24/h2-14H,1H3/q+1. The Kier molecular flexibility index (Phi) is 5.94. The van der Waals surface area contributed by atoms with Crippen LogP contribution in [0.4, 0.5) is 13.2 Å². The van der Waals surface area contributed by atoms with Crippen molar-refractivity contribution in [1.82, 2.24) is 0 Å². The second-order valence-corrected chi connectivity index (χ2v) is 7.68. The number of hydrogen-bond donors (Lipinski definition) is 0. The largest absolute Gasteiger partial charge is 0.573 e. The molecule has 0 fully saturated rings. The molecule has 0 bridgehead atoms. The van der Waals surface area contributed by atoms with E-state index in [1.807, 2.05) is 36.4 Å².